The van der Waals surface area contributed by atoms with Gasteiger partial charge in [-0.15, -0.1) is 22.7 Å². The molecule has 0 amide bonds. The quantitative estimate of drug-likeness (QED) is 0.123. The van der Waals surface area contributed by atoms with Gasteiger partial charge in [0, 0.05) is 44.5 Å². The van der Waals surface area contributed by atoms with Crippen LogP contribution in [-0.4, -0.2) is 21.5 Å². The number of Topliss-reactive ketones (excluding diaryl/α,β-unsaturated/α-hetero) is 2. The van der Waals surface area contributed by atoms with E-state index in [9.17, 15) is 30.6 Å². The van der Waals surface area contributed by atoms with Gasteiger partial charge in [-0.1, -0.05) is 61.4 Å². The monoisotopic (exact) mass is 844 g/mol. The van der Waals surface area contributed by atoms with Crippen LogP contribution in [0.1, 0.15) is 117 Å². The minimum absolute atomic E-state index is 0.124. The molecule has 2 fully saturated rings. The summed E-state index contributed by atoms with van der Waals surface area (Å²) in [5.74, 6) is 0.889. The number of fused-ring (bicyclic) bond motifs is 10. The lowest BCUT2D eigenvalue weighted by atomic mass is 9.78. The molecule has 0 radical (unpaired) electrons. The Bertz CT molecular complexity index is 2950. The second kappa shape index (κ2) is 14.2. The fourth-order valence-electron chi connectivity index (χ4n) is 10.2. The van der Waals surface area contributed by atoms with E-state index in [1.54, 1.807) is 60.7 Å². The number of allylic oxidation sites excluding steroid dienone is 6. The standard InChI is InChI=1S/C50H32N6O4S2/c51-23-27(24-52)41-29-11-3-5-13-31(29)43(57)35(41)21-39-55-47-45(61-39)33-20-38-34(19-37(33)59-49(47)15-7-1-8-16-49)46-48(50(60-38)17-9-2-10-18-50)56-40(62-46)22-36-42(28(25-53)26-54)30-12-4-6-14-32(30)44(36)58/h3-6,11-14,19-22H,1-2,7-10,15-18H2/b35-21-,36-22-. The van der Waals surface area contributed by atoms with Crippen molar-refractivity contribution in [1.29, 1.82) is 21.0 Å². The molecule has 4 heterocycles. The fourth-order valence-corrected chi connectivity index (χ4v) is 12.5. The summed E-state index contributed by atoms with van der Waals surface area (Å²) in [5, 5.41) is 40.9. The number of thiazole rings is 2. The van der Waals surface area contributed by atoms with Crippen LogP contribution in [0.3, 0.4) is 0 Å². The zero-order chi connectivity index (χ0) is 42.3. The number of carbonyl (C=O) groups excluding carboxylic acids is 2. The molecule has 2 aliphatic heterocycles. The van der Waals surface area contributed by atoms with Crippen molar-refractivity contribution in [2.24, 2.45) is 0 Å². The first-order valence-electron chi connectivity index (χ1n) is 20.7. The van der Waals surface area contributed by atoms with Crippen LogP contribution in [0.25, 0.3) is 44.2 Å². The number of hydrogen-bond donors (Lipinski definition) is 0. The van der Waals surface area contributed by atoms with E-state index in [0.717, 1.165) is 96.5 Å². The number of benzene rings is 3. The van der Waals surface area contributed by atoms with Crippen molar-refractivity contribution in [2.45, 2.75) is 75.4 Å². The number of nitriles is 4. The first-order valence-corrected chi connectivity index (χ1v) is 22.3. The molecule has 3 aromatic carbocycles. The molecule has 0 atom stereocenters. The van der Waals surface area contributed by atoms with Gasteiger partial charge in [0.15, 0.2) is 22.8 Å². The maximum absolute atomic E-state index is 13.9. The minimum atomic E-state index is -0.695. The highest BCUT2D eigenvalue weighted by Crippen LogP contribution is 2.60. The maximum Gasteiger partial charge on any atom is 0.194 e. The molecule has 298 valence electrons. The molecular formula is C50H32N6O4S2. The van der Waals surface area contributed by atoms with Crippen LogP contribution < -0.4 is 9.47 Å². The van der Waals surface area contributed by atoms with Crippen molar-refractivity contribution in [3.05, 3.63) is 127 Å². The summed E-state index contributed by atoms with van der Waals surface area (Å²) in [6.45, 7) is 0. The van der Waals surface area contributed by atoms with Crippen molar-refractivity contribution < 1.29 is 19.1 Å². The molecule has 0 N–H and O–H groups in total. The van der Waals surface area contributed by atoms with Crippen molar-refractivity contribution in [1.82, 2.24) is 9.97 Å². The molecule has 4 aliphatic carbocycles. The molecule has 5 aromatic rings. The van der Waals surface area contributed by atoms with Gasteiger partial charge >= 0.3 is 0 Å². The summed E-state index contributed by atoms with van der Waals surface area (Å²) in [6, 6.07) is 26.2. The van der Waals surface area contributed by atoms with Gasteiger partial charge in [-0.3, -0.25) is 9.59 Å². The summed E-state index contributed by atoms with van der Waals surface area (Å²) < 4.78 is 14.3. The Labute approximate surface area is 364 Å². The lowest BCUT2D eigenvalue weighted by Crippen LogP contribution is -2.39. The minimum Gasteiger partial charge on any atom is -0.480 e. The summed E-state index contributed by atoms with van der Waals surface area (Å²) in [7, 11) is 0. The number of hydrogen-bond acceptors (Lipinski definition) is 12. The number of nitrogens with zero attached hydrogens (tertiary/aromatic N) is 6. The van der Waals surface area contributed by atoms with Gasteiger partial charge in [0.1, 0.15) is 68.3 Å². The summed E-state index contributed by atoms with van der Waals surface area (Å²) in [5.41, 5.74) is 4.92. The number of ketones is 2. The topological polar surface area (TPSA) is 174 Å². The van der Waals surface area contributed by atoms with Crippen molar-refractivity contribution in [3.63, 3.8) is 0 Å². The second-order valence-electron chi connectivity index (χ2n) is 16.4. The Balaban J connectivity index is 1.07. The van der Waals surface area contributed by atoms with Gasteiger partial charge < -0.3 is 9.47 Å². The van der Waals surface area contributed by atoms with E-state index < -0.39 is 11.2 Å². The van der Waals surface area contributed by atoms with Crippen LogP contribution in [-0.2, 0) is 11.2 Å². The number of rotatable bonds is 2. The molecule has 10 nitrogen and oxygen atoms in total. The average molecular weight is 845 g/mol. The normalized spacial score (nSPS) is 19.5. The zero-order valence-corrected chi connectivity index (χ0v) is 34.8. The summed E-state index contributed by atoms with van der Waals surface area (Å²) >= 11 is 2.93. The first kappa shape index (κ1) is 37.8. The van der Waals surface area contributed by atoms with Crippen molar-refractivity contribution in [3.8, 4) is 56.7 Å². The van der Waals surface area contributed by atoms with E-state index in [0.29, 0.717) is 54.9 Å². The van der Waals surface area contributed by atoms with E-state index in [1.165, 1.54) is 22.7 Å². The maximum atomic E-state index is 13.9. The Hall–Kier alpha value is -7.22. The number of ether oxygens (including phenoxy) is 2. The highest BCUT2D eigenvalue weighted by atomic mass is 32.1. The highest BCUT2D eigenvalue weighted by Gasteiger charge is 2.49. The number of carbonyl (C=O) groups is 2. The third-order valence-corrected chi connectivity index (χ3v) is 15.1. The van der Waals surface area contributed by atoms with Crippen LogP contribution in [0, 0.1) is 45.3 Å². The van der Waals surface area contributed by atoms with Gasteiger partial charge in [0.2, 0.25) is 0 Å². The van der Waals surface area contributed by atoms with E-state index in [4.69, 9.17) is 19.4 Å². The molecule has 12 heteroatoms. The Morgan fingerprint density at radius 3 is 1.29 bits per heavy atom. The fraction of sp³-hybridized carbons (Fsp3) is 0.240. The molecule has 2 aromatic heterocycles. The molecular weight excluding hydrogens is 813 g/mol. The van der Waals surface area contributed by atoms with Gasteiger partial charge in [-0.05, 0) is 86.8 Å². The van der Waals surface area contributed by atoms with Crippen LogP contribution in [0.4, 0.5) is 0 Å². The van der Waals surface area contributed by atoms with Crippen molar-refractivity contribution in [2.75, 3.05) is 0 Å². The third kappa shape index (κ3) is 5.47. The SMILES string of the molecule is N#CC(C#N)=C1/C(=C/c2nc3c(s2)-c2cc4c(cc2OC32CCCCC2)-c2sc(/C=C3\C(=O)c5ccccc5C3=C(C#N)C#N)nc2C2(CCCCC2)O4)C(=O)c2ccccc21. The highest BCUT2D eigenvalue weighted by molar-refractivity contribution is 7.16. The van der Waals surface area contributed by atoms with Crippen molar-refractivity contribution >= 4 is 57.5 Å². The van der Waals surface area contributed by atoms with Gasteiger partial charge in [-0.2, -0.15) is 21.0 Å². The lowest BCUT2D eigenvalue weighted by molar-refractivity contribution is 0.0163. The van der Waals surface area contributed by atoms with Gasteiger partial charge in [0.05, 0.1) is 9.75 Å². The Kier molecular flexibility index (Phi) is 8.64. The Morgan fingerprint density at radius 2 is 0.919 bits per heavy atom. The smallest absolute Gasteiger partial charge is 0.194 e. The molecule has 0 bridgehead atoms. The van der Waals surface area contributed by atoms with E-state index in [1.807, 2.05) is 24.3 Å². The van der Waals surface area contributed by atoms with Crippen LogP contribution in [0.5, 0.6) is 11.5 Å². The van der Waals surface area contributed by atoms with Crippen LogP contribution >= 0.6 is 22.7 Å². The number of aromatic nitrogens is 2. The van der Waals surface area contributed by atoms with Crippen LogP contribution in [0.15, 0.2) is 83.0 Å². The lowest BCUT2D eigenvalue weighted by Gasteiger charge is -2.43. The molecule has 62 heavy (non-hydrogen) atoms. The molecule has 0 unspecified atom stereocenters. The van der Waals surface area contributed by atoms with Gasteiger partial charge in [-0.25, -0.2) is 9.97 Å². The van der Waals surface area contributed by atoms with E-state index in [-0.39, 0.29) is 33.9 Å². The predicted molar refractivity (Wildman–Crippen MR) is 233 cm³/mol. The van der Waals surface area contributed by atoms with Gasteiger partial charge in [0.25, 0.3) is 0 Å². The molecule has 2 saturated carbocycles. The molecule has 6 aliphatic rings. The molecule has 11 rings (SSSR count). The average Bonchev–Trinajstić information content (AvgIpc) is 4.07. The Morgan fingerprint density at radius 1 is 0.548 bits per heavy atom. The first-order chi connectivity index (χ1) is 30.3. The molecule has 2 spiro atoms. The molecule has 0 saturated heterocycles. The zero-order valence-electron chi connectivity index (χ0n) is 33.1. The summed E-state index contributed by atoms with van der Waals surface area (Å²) in [6.07, 6.45) is 12.5. The second-order valence-corrected chi connectivity index (χ2v) is 18.5. The third-order valence-electron chi connectivity index (χ3n) is 13.0. The predicted octanol–water partition coefficient (Wildman–Crippen LogP) is 11.2. The van der Waals surface area contributed by atoms with Crippen LogP contribution in [0.2, 0.25) is 0 Å². The largest absolute Gasteiger partial charge is 0.480 e. The summed E-state index contributed by atoms with van der Waals surface area (Å²) in [4.78, 5) is 40.1. The van der Waals surface area contributed by atoms with E-state index >= 15 is 0 Å². The van der Waals surface area contributed by atoms with E-state index in [2.05, 4.69) is 12.1 Å².